The molecule has 2 aromatic carbocycles. The van der Waals surface area contributed by atoms with Gasteiger partial charge in [0.2, 0.25) is 9.23 Å². The maximum absolute atomic E-state index is 11.8. The molecule has 0 saturated carbocycles. The summed E-state index contributed by atoms with van der Waals surface area (Å²) in [5, 5.41) is 0. The summed E-state index contributed by atoms with van der Waals surface area (Å²) in [7, 11) is 7.36. The summed E-state index contributed by atoms with van der Waals surface area (Å²) in [6, 6.07) is 18.2. The first-order chi connectivity index (χ1) is 9.59. The van der Waals surface area contributed by atoms with Gasteiger partial charge in [-0.05, 0) is 11.1 Å². The largest absolute Gasteiger partial charge is 0.294 e. The average Bonchev–Trinajstić information content (AvgIpc) is 2.77. The molecule has 0 amide bonds. The molecular formula is C15H12Cl2O2S. The van der Waals surface area contributed by atoms with Crippen molar-refractivity contribution < 1.29 is 9.00 Å². The summed E-state index contributed by atoms with van der Waals surface area (Å²) >= 11 is 0. The Morgan fingerprint density at radius 3 is 2.15 bits per heavy atom. The molecule has 0 aromatic heterocycles. The monoisotopic (exact) mass is 326 g/mol. The van der Waals surface area contributed by atoms with E-state index in [2.05, 4.69) is 39.6 Å². The molecule has 1 atom stereocenters. The molecule has 0 heterocycles. The molecule has 0 fully saturated rings. The second kappa shape index (κ2) is 7.02. The molecule has 5 heteroatoms. The van der Waals surface area contributed by atoms with Gasteiger partial charge < -0.3 is 0 Å². The van der Waals surface area contributed by atoms with Gasteiger partial charge in [-0.25, -0.2) is 4.21 Å². The van der Waals surface area contributed by atoms with E-state index in [1.807, 2.05) is 36.4 Å². The second-order valence-corrected chi connectivity index (χ2v) is 6.89. The minimum Gasteiger partial charge on any atom is -0.294 e. The summed E-state index contributed by atoms with van der Waals surface area (Å²) < 4.78 is 9.09. The Labute approximate surface area is 129 Å². The zero-order valence-corrected chi connectivity index (χ0v) is 12.8. The van der Waals surface area contributed by atoms with E-state index in [4.69, 9.17) is 4.21 Å². The van der Waals surface area contributed by atoms with Crippen molar-refractivity contribution in [3.05, 3.63) is 71.3 Å². The van der Waals surface area contributed by atoms with Crippen molar-refractivity contribution in [2.24, 2.45) is 0 Å². The van der Waals surface area contributed by atoms with Crippen LogP contribution in [0.2, 0.25) is 0 Å². The third-order valence-electron chi connectivity index (χ3n) is 3.23. The predicted octanol–water partition coefficient (Wildman–Crippen LogP) is 4.45. The van der Waals surface area contributed by atoms with E-state index in [9.17, 15) is 4.79 Å². The number of Topliss-reactive ketones (excluding diaryl/α,β-unsaturated/α-hetero) is 1. The molecule has 20 heavy (non-hydrogen) atoms. The lowest BCUT2D eigenvalue weighted by Gasteiger charge is -2.10. The fourth-order valence-corrected chi connectivity index (χ4v) is 2.44. The fourth-order valence-electron chi connectivity index (χ4n) is 2.44. The van der Waals surface area contributed by atoms with Crippen LogP contribution in [-0.2, 0) is 9.23 Å². The molecule has 104 valence electrons. The van der Waals surface area contributed by atoms with E-state index >= 15 is 0 Å². The van der Waals surface area contributed by atoms with E-state index in [-0.39, 0.29) is 11.7 Å². The fraction of sp³-hybridized carbons (Fsp3) is 0.133. The summed E-state index contributed by atoms with van der Waals surface area (Å²) in [4.78, 5) is 11.8. The molecular weight excluding hydrogens is 315 g/mol. The van der Waals surface area contributed by atoms with Gasteiger partial charge in [-0.2, -0.15) is 0 Å². The van der Waals surface area contributed by atoms with Gasteiger partial charge in [-0.15, -0.1) is 0 Å². The van der Waals surface area contributed by atoms with Crippen molar-refractivity contribution in [1.29, 1.82) is 0 Å². The number of halogens is 2. The third-order valence-corrected chi connectivity index (χ3v) is 3.23. The highest BCUT2D eigenvalue weighted by molar-refractivity contribution is 8.26. The molecule has 2 nitrogen and oxygen atoms in total. The predicted molar refractivity (Wildman–Crippen MR) is 83.5 cm³/mol. The van der Waals surface area contributed by atoms with Gasteiger partial charge in [-0.1, -0.05) is 54.6 Å². The van der Waals surface area contributed by atoms with Gasteiger partial charge in [0.05, 0.1) is 0 Å². The van der Waals surface area contributed by atoms with E-state index in [1.165, 1.54) is 11.1 Å². The van der Waals surface area contributed by atoms with Crippen LogP contribution in [0.3, 0.4) is 0 Å². The van der Waals surface area contributed by atoms with Crippen LogP contribution in [0.1, 0.15) is 33.8 Å². The number of carbonyl (C=O) groups excluding carboxylic acids is 1. The van der Waals surface area contributed by atoms with E-state index < -0.39 is 9.23 Å². The third kappa shape index (κ3) is 3.69. The summed E-state index contributed by atoms with van der Waals surface area (Å²) in [5.41, 5.74) is 3.32. The molecule has 0 N–H and O–H groups in total. The lowest BCUT2D eigenvalue weighted by Crippen LogP contribution is -1.95. The second-order valence-electron chi connectivity index (χ2n) is 4.36. The lowest BCUT2D eigenvalue weighted by molar-refractivity contribution is 0.0991. The van der Waals surface area contributed by atoms with Crippen LogP contribution >= 0.6 is 21.4 Å². The van der Waals surface area contributed by atoms with Crippen molar-refractivity contribution >= 4 is 36.4 Å². The SMILES string of the molecule is O=C1CC(c2ccccc2)c2ccccc21.O=S(Cl)Cl. The number of rotatable bonds is 1. The highest BCUT2D eigenvalue weighted by atomic mass is 36.0. The Bertz CT molecular complexity index is 625. The maximum Gasteiger partial charge on any atom is 0.211 e. The van der Waals surface area contributed by atoms with Crippen molar-refractivity contribution in [1.82, 2.24) is 0 Å². The first-order valence-electron chi connectivity index (χ1n) is 6.01. The number of carbonyl (C=O) groups is 1. The molecule has 1 aliphatic carbocycles. The van der Waals surface area contributed by atoms with E-state index in [0.717, 1.165) is 5.56 Å². The Hall–Kier alpha value is -1.16. The Kier molecular flexibility index (Phi) is 5.35. The molecule has 1 aliphatic rings. The molecule has 0 bridgehead atoms. The van der Waals surface area contributed by atoms with Gasteiger partial charge in [0, 0.05) is 39.3 Å². The Morgan fingerprint density at radius 1 is 0.950 bits per heavy atom. The number of benzene rings is 2. The van der Waals surface area contributed by atoms with Crippen LogP contribution < -0.4 is 0 Å². The zero-order valence-electron chi connectivity index (χ0n) is 10.5. The summed E-state index contributed by atoms with van der Waals surface area (Å²) in [5.74, 6) is 0.523. The van der Waals surface area contributed by atoms with Gasteiger partial charge in [-0.3, -0.25) is 4.79 Å². The van der Waals surface area contributed by atoms with Crippen LogP contribution in [0.25, 0.3) is 0 Å². The average molecular weight is 327 g/mol. The highest BCUT2D eigenvalue weighted by Crippen LogP contribution is 2.37. The van der Waals surface area contributed by atoms with E-state index in [1.54, 1.807) is 0 Å². The smallest absolute Gasteiger partial charge is 0.211 e. The Balaban J connectivity index is 0.000000328. The highest BCUT2D eigenvalue weighted by Gasteiger charge is 2.29. The van der Waals surface area contributed by atoms with Crippen LogP contribution in [0, 0.1) is 0 Å². The molecule has 0 aliphatic heterocycles. The molecule has 3 rings (SSSR count). The summed E-state index contributed by atoms with van der Waals surface area (Å²) in [6.07, 6.45) is 0.614. The molecule has 2 aromatic rings. The van der Waals surface area contributed by atoms with Crippen LogP contribution in [0.5, 0.6) is 0 Å². The maximum atomic E-state index is 11.8. The first kappa shape index (κ1) is 15.2. The molecule has 0 saturated heterocycles. The lowest BCUT2D eigenvalue weighted by atomic mass is 9.93. The molecule has 0 radical (unpaired) electrons. The quantitative estimate of drug-likeness (QED) is 0.725. The van der Waals surface area contributed by atoms with Crippen molar-refractivity contribution in [3.63, 3.8) is 0 Å². The van der Waals surface area contributed by atoms with Gasteiger partial charge in [0.25, 0.3) is 0 Å². The standard InChI is InChI=1S/C15H12O.Cl2OS/c16-15-10-14(11-6-2-1-3-7-11)12-8-4-5-9-13(12)15;1-4(2)3/h1-9,14H,10H2;. The van der Waals surface area contributed by atoms with Gasteiger partial charge in [0.15, 0.2) is 5.78 Å². The first-order valence-corrected chi connectivity index (χ1v) is 8.81. The van der Waals surface area contributed by atoms with Gasteiger partial charge >= 0.3 is 0 Å². The van der Waals surface area contributed by atoms with Crippen LogP contribution in [0.4, 0.5) is 0 Å². The minimum atomic E-state index is -1.67. The van der Waals surface area contributed by atoms with E-state index in [0.29, 0.717) is 6.42 Å². The van der Waals surface area contributed by atoms with Crippen LogP contribution in [0.15, 0.2) is 54.6 Å². The topological polar surface area (TPSA) is 34.1 Å². The Morgan fingerprint density at radius 2 is 1.50 bits per heavy atom. The molecule has 0 spiro atoms. The number of hydrogen-bond acceptors (Lipinski definition) is 2. The number of ketones is 1. The van der Waals surface area contributed by atoms with Crippen molar-refractivity contribution in [2.45, 2.75) is 12.3 Å². The normalized spacial score (nSPS) is 16.6. The van der Waals surface area contributed by atoms with Crippen molar-refractivity contribution in [3.8, 4) is 0 Å². The summed E-state index contributed by atoms with van der Waals surface area (Å²) in [6.45, 7) is 0. The zero-order chi connectivity index (χ0) is 14.5. The minimum absolute atomic E-state index is 0.255. The molecule has 1 unspecified atom stereocenters. The number of hydrogen-bond donors (Lipinski definition) is 0. The van der Waals surface area contributed by atoms with Gasteiger partial charge in [0.1, 0.15) is 0 Å². The van der Waals surface area contributed by atoms with Crippen molar-refractivity contribution in [2.75, 3.05) is 0 Å². The van der Waals surface area contributed by atoms with Crippen LogP contribution in [-0.4, -0.2) is 9.99 Å². The number of fused-ring (bicyclic) bond motifs is 1.